The minimum atomic E-state index is 0.271. The molecule has 0 spiro atoms. The van der Waals surface area contributed by atoms with Gasteiger partial charge in [-0.05, 0) is 70.2 Å². The molecule has 1 unspecified atom stereocenters. The number of hydrogen-bond donors (Lipinski definition) is 1. The number of rotatable bonds is 5. The van der Waals surface area contributed by atoms with Crippen LogP contribution in [0.1, 0.15) is 39.7 Å². The molecular formula is C14H20BrN5. The van der Waals surface area contributed by atoms with Crippen LogP contribution in [0.15, 0.2) is 22.7 Å². The van der Waals surface area contributed by atoms with Gasteiger partial charge in [0.1, 0.15) is 0 Å². The number of aromatic nitrogens is 4. The highest BCUT2D eigenvalue weighted by atomic mass is 79.9. The number of benzene rings is 1. The van der Waals surface area contributed by atoms with Gasteiger partial charge in [0.25, 0.3) is 0 Å². The number of nitrogens with zero attached hydrogens (tertiary/aromatic N) is 4. The van der Waals surface area contributed by atoms with E-state index in [4.69, 9.17) is 5.73 Å². The number of hydrogen-bond acceptors (Lipinski definition) is 4. The van der Waals surface area contributed by atoms with E-state index in [-0.39, 0.29) is 6.04 Å². The van der Waals surface area contributed by atoms with E-state index < -0.39 is 0 Å². The molecule has 2 rings (SSSR count). The Hall–Kier alpha value is -1.43. The Labute approximate surface area is 127 Å². The van der Waals surface area contributed by atoms with E-state index >= 15 is 0 Å². The zero-order chi connectivity index (χ0) is 14.7. The van der Waals surface area contributed by atoms with E-state index in [0.717, 1.165) is 28.7 Å². The van der Waals surface area contributed by atoms with Gasteiger partial charge in [-0.2, -0.15) is 0 Å². The zero-order valence-electron chi connectivity index (χ0n) is 12.0. The summed E-state index contributed by atoms with van der Waals surface area (Å²) in [5.41, 5.74) is 7.55. The van der Waals surface area contributed by atoms with Crippen LogP contribution < -0.4 is 5.73 Å². The van der Waals surface area contributed by atoms with Gasteiger partial charge in [-0.25, -0.2) is 4.68 Å². The van der Waals surface area contributed by atoms with Crippen LogP contribution >= 0.6 is 15.9 Å². The lowest BCUT2D eigenvalue weighted by Crippen LogP contribution is -2.10. The van der Waals surface area contributed by atoms with Crippen LogP contribution in [0.5, 0.6) is 0 Å². The topological polar surface area (TPSA) is 69.6 Å². The van der Waals surface area contributed by atoms with Crippen LogP contribution in [-0.4, -0.2) is 20.2 Å². The second kappa shape index (κ2) is 6.35. The van der Waals surface area contributed by atoms with Crippen LogP contribution in [0, 0.1) is 5.92 Å². The zero-order valence-corrected chi connectivity index (χ0v) is 13.6. The Bertz CT molecular complexity index is 579. The van der Waals surface area contributed by atoms with Crippen LogP contribution in [0.4, 0.5) is 5.69 Å². The molecule has 108 valence electrons. The molecule has 0 saturated carbocycles. The van der Waals surface area contributed by atoms with Crippen molar-refractivity contribution in [3.63, 3.8) is 0 Å². The molecule has 1 aromatic heterocycles. The van der Waals surface area contributed by atoms with E-state index in [1.165, 1.54) is 0 Å². The smallest absolute Gasteiger partial charge is 0.182 e. The molecular weight excluding hydrogens is 318 g/mol. The molecule has 1 aromatic carbocycles. The summed E-state index contributed by atoms with van der Waals surface area (Å²) in [6.07, 6.45) is 2.21. The summed E-state index contributed by atoms with van der Waals surface area (Å²) >= 11 is 3.40. The Morgan fingerprint density at radius 3 is 2.65 bits per heavy atom. The van der Waals surface area contributed by atoms with Crippen LogP contribution in [0.2, 0.25) is 0 Å². The molecule has 1 atom stereocenters. The van der Waals surface area contributed by atoms with Gasteiger partial charge in [0.15, 0.2) is 5.82 Å². The van der Waals surface area contributed by atoms with Gasteiger partial charge in [-0.15, -0.1) is 5.10 Å². The van der Waals surface area contributed by atoms with Crippen molar-refractivity contribution in [3.8, 4) is 11.4 Å². The maximum atomic E-state index is 5.93. The van der Waals surface area contributed by atoms with Crippen molar-refractivity contribution in [1.29, 1.82) is 0 Å². The van der Waals surface area contributed by atoms with Gasteiger partial charge in [-0.3, -0.25) is 0 Å². The highest BCUT2D eigenvalue weighted by Crippen LogP contribution is 2.27. The second-order valence-electron chi connectivity index (χ2n) is 5.50. The fourth-order valence-electron chi connectivity index (χ4n) is 2.06. The molecule has 20 heavy (non-hydrogen) atoms. The Kier molecular flexibility index (Phi) is 4.75. The predicted molar refractivity (Wildman–Crippen MR) is 84.1 cm³/mol. The third kappa shape index (κ3) is 3.36. The van der Waals surface area contributed by atoms with Gasteiger partial charge < -0.3 is 5.73 Å². The highest BCUT2D eigenvalue weighted by molar-refractivity contribution is 9.10. The predicted octanol–water partition coefficient (Wildman–Crippen LogP) is 3.68. The van der Waals surface area contributed by atoms with Gasteiger partial charge in [0, 0.05) is 15.7 Å². The summed E-state index contributed by atoms with van der Waals surface area (Å²) in [6.45, 7) is 6.59. The van der Waals surface area contributed by atoms with Crippen molar-refractivity contribution in [1.82, 2.24) is 20.2 Å². The summed E-state index contributed by atoms with van der Waals surface area (Å²) in [5.74, 6) is 1.45. The SMILES string of the molecule is CC(C)CCC(C)n1nnnc1-c1ccc(Br)c(N)c1. The van der Waals surface area contributed by atoms with Crippen molar-refractivity contribution < 1.29 is 0 Å². The van der Waals surface area contributed by atoms with Crippen molar-refractivity contribution >= 4 is 21.6 Å². The van der Waals surface area contributed by atoms with Crippen LogP contribution in [-0.2, 0) is 0 Å². The quantitative estimate of drug-likeness (QED) is 0.845. The number of nitrogen functional groups attached to an aromatic ring is 1. The summed E-state index contributed by atoms with van der Waals surface area (Å²) in [7, 11) is 0. The van der Waals surface area contributed by atoms with Crippen LogP contribution in [0.25, 0.3) is 11.4 Å². The molecule has 0 saturated heterocycles. The Morgan fingerprint density at radius 2 is 2.00 bits per heavy atom. The molecule has 0 amide bonds. The maximum Gasteiger partial charge on any atom is 0.182 e. The second-order valence-corrected chi connectivity index (χ2v) is 6.36. The van der Waals surface area contributed by atoms with E-state index in [1.54, 1.807) is 0 Å². The van der Waals surface area contributed by atoms with Gasteiger partial charge >= 0.3 is 0 Å². The van der Waals surface area contributed by atoms with Crippen molar-refractivity contribution in [3.05, 3.63) is 22.7 Å². The number of halogens is 1. The molecule has 1 heterocycles. The molecule has 2 aromatic rings. The fraction of sp³-hybridized carbons (Fsp3) is 0.500. The summed E-state index contributed by atoms with van der Waals surface area (Å²) < 4.78 is 2.76. The Balaban J connectivity index is 2.25. The standard InChI is InChI=1S/C14H20BrN5/c1-9(2)4-5-10(3)20-14(17-18-19-20)11-6-7-12(15)13(16)8-11/h6-10H,4-5,16H2,1-3H3. The monoisotopic (exact) mass is 337 g/mol. The lowest BCUT2D eigenvalue weighted by molar-refractivity contribution is 0.406. The average Bonchev–Trinajstić information content (AvgIpc) is 2.88. The average molecular weight is 338 g/mol. The lowest BCUT2D eigenvalue weighted by atomic mass is 10.0. The van der Waals surface area contributed by atoms with E-state index in [1.807, 2.05) is 22.9 Å². The molecule has 0 radical (unpaired) electrons. The van der Waals surface area contributed by atoms with Crippen molar-refractivity contribution in [2.24, 2.45) is 5.92 Å². The minimum absolute atomic E-state index is 0.271. The fourth-order valence-corrected chi connectivity index (χ4v) is 2.31. The lowest BCUT2D eigenvalue weighted by Gasteiger charge is -2.15. The van der Waals surface area contributed by atoms with Gasteiger partial charge in [0.05, 0.1) is 6.04 Å². The van der Waals surface area contributed by atoms with Gasteiger partial charge in [-0.1, -0.05) is 13.8 Å². The van der Waals surface area contributed by atoms with Crippen LogP contribution in [0.3, 0.4) is 0 Å². The largest absolute Gasteiger partial charge is 0.398 e. The van der Waals surface area contributed by atoms with E-state index in [9.17, 15) is 0 Å². The first-order valence-corrected chi connectivity index (χ1v) is 7.61. The first-order valence-electron chi connectivity index (χ1n) is 6.82. The molecule has 0 aliphatic rings. The third-order valence-electron chi connectivity index (χ3n) is 3.33. The summed E-state index contributed by atoms with van der Waals surface area (Å²) in [4.78, 5) is 0. The molecule has 0 aliphatic carbocycles. The molecule has 5 nitrogen and oxygen atoms in total. The first-order chi connectivity index (χ1) is 9.49. The molecule has 2 N–H and O–H groups in total. The Morgan fingerprint density at radius 1 is 1.25 bits per heavy atom. The molecule has 0 bridgehead atoms. The van der Waals surface area contributed by atoms with Gasteiger partial charge in [0.2, 0.25) is 0 Å². The normalized spacial score (nSPS) is 12.8. The van der Waals surface area contributed by atoms with Crippen molar-refractivity contribution in [2.75, 3.05) is 5.73 Å². The molecule has 0 aliphatic heterocycles. The number of nitrogens with two attached hydrogens (primary N) is 1. The summed E-state index contributed by atoms with van der Waals surface area (Å²) in [6, 6.07) is 6.05. The van der Waals surface area contributed by atoms with Crippen molar-refractivity contribution in [2.45, 2.75) is 39.7 Å². The molecule has 6 heteroatoms. The van der Waals surface area contributed by atoms with E-state index in [2.05, 4.69) is 52.2 Å². The minimum Gasteiger partial charge on any atom is -0.398 e. The maximum absolute atomic E-state index is 5.93. The summed E-state index contributed by atoms with van der Waals surface area (Å²) in [5, 5.41) is 12.1. The van der Waals surface area contributed by atoms with E-state index in [0.29, 0.717) is 11.6 Å². The molecule has 0 fully saturated rings. The first kappa shape index (κ1) is 15.0. The number of anilines is 1. The number of tetrazole rings is 1. The third-order valence-corrected chi connectivity index (χ3v) is 4.05. The highest BCUT2D eigenvalue weighted by Gasteiger charge is 2.15.